The molecule has 0 fully saturated rings. The number of hydrogen-bond donors (Lipinski definition) is 24. The van der Waals surface area contributed by atoms with Gasteiger partial charge >= 0.3 is 23.9 Å². The summed E-state index contributed by atoms with van der Waals surface area (Å²) in [7, 11) is 0. The molecule has 0 aromatic rings. The molecule has 0 aromatic heterocycles. The van der Waals surface area contributed by atoms with Crippen molar-refractivity contribution in [3.63, 3.8) is 0 Å². The van der Waals surface area contributed by atoms with Gasteiger partial charge in [-0.3, -0.25) is 0 Å². The normalized spacial score (nSPS) is 22.4. The predicted molar refractivity (Wildman–Crippen MR) is 195 cm³/mol. The van der Waals surface area contributed by atoms with Gasteiger partial charge in [0.25, 0.3) is 0 Å². The van der Waals surface area contributed by atoms with Crippen LogP contribution in [0.15, 0.2) is 0 Å². The first-order valence-corrected chi connectivity index (χ1v) is 18.8. The zero-order valence-corrected chi connectivity index (χ0v) is 33.7. The SMILES string of the molecule is O=C(OCC(COC(=O)C(O)C(O)C(O)C(O)C(O)CO)(COC(=O)C(O)C(O)C(O)C(O)C(O)CO)COC(=O)C(O)C(O)C(O)C(O)C(O)CO)C(O)C(O)C(O)C(O)C(O)CO. The van der Waals surface area contributed by atoms with Crippen molar-refractivity contribution in [3.8, 4) is 0 Å². The van der Waals surface area contributed by atoms with Crippen molar-refractivity contribution in [2.75, 3.05) is 52.9 Å². The molecule has 20 atom stereocenters. The second-order valence-corrected chi connectivity index (χ2v) is 14.6. The molecule has 384 valence electrons. The van der Waals surface area contributed by atoms with Crippen LogP contribution in [0.3, 0.4) is 0 Å². The van der Waals surface area contributed by atoms with Crippen LogP contribution >= 0.6 is 0 Å². The zero-order valence-electron chi connectivity index (χ0n) is 33.7. The molecule has 0 heterocycles. The molecule has 65 heavy (non-hydrogen) atoms. The molecule has 0 rings (SSSR count). The summed E-state index contributed by atoms with van der Waals surface area (Å²) < 4.78 is 19.3. The quantitative estimate of drug-likeness (QED) is 0.0220. The first-order chi connectivity index (χ1) is 30.0. The third-order valence-electron chi connectivity index (χ3n) is 9.47. The fraction of sp³-hybridized carbons (Fsp3) is 0.879. The number of aliphatic hydroxyl groups is 24. The molecule has 0 spiro atoms. The highest BCUT2D eigenvalue weighted by Gasteiger charge is 2.46. The van der Waals surface area contributed by atoms with Gasteiger partial charge in [0.1, 0.15) is 130 Å². The van der Waals surface area contributed by atoms with Crippen LogP contribution in [0.5, 0.6) is 0 Å². The molecule has 0 radical (unpaired) electrons. The van der Waals surface area contributed by atoms with Crippen molar-refractivity contribution in [2.45, 2.75) is 122 Å². The van der Waals surface area contributed by atoms with E-state index >= 15 is 0 Å². The predicted octanol–water partition coefficient (Wildman–Crippen LogP) is -16.7. The maximum atomic E-state index is 12.9. The van der Waals surface area contributed by atoms with Crippen LogP contribution in [0.2, 0.25) is 0 Å². The van der Waals surface area contributed by atoms with Gasteiger partial charge in [-0.05, 0) is 0 Å². The van der Waals surface area contributed by atoms with Crippen molar-refractivity contribution in [1.29, 1.82) is 0 Å². The van der Waals surface area contributed by atoms with Gasteiger partial charge in [0.15, 0.2) is 24.4 Å². The molecule has 0 aliphatic heterocycles. The van der Waals surface area contributed by atoms with Gasteiger partial charge in [-0.2, -0.15) is 0 Å². The van der Waals surface area contributed by atoms with Crippen molar-refractivity contribution in [3.05, 3.63) is 0 Å². The molecule has 0 aromatic carbocycles. The van der Waals surface area contributed by atoms with Gasteiger partial charge in [0, 0.05) is 0 Å². The smallest absolute Gasteiger partial charge is 0.337 e. The number of hydrogen-bond acceptors (Lipinski definition) is 32. The van der Waals surface area contributed by atoms with Crippen molar-refractivity contribution in [1.82, 2.24) is 0 Å². The van der Waals surface area contributed by atoms with E-state index in [0.717, 1.165) is 0 Å². The minimum Gasteiger partial charge on any atom is -0.463 e. The Labute approximate surface area is 365 Å². The summed E-state index contributed by atoms with van der Waals surface area (Å²) in [6.45, 7) is -11.5. The number of carbonyl (C=O) groups excluding carboxylic acids is 4. The summed E-state index contributed by atoms with van der Waals surface area (Å²) in [5.41, 5.74) is -2.87. The van der Waals surface area contributed by atoms with Crippen molar-refractivity contribution >= 4 is 23.9 Å². The highest BCUT2D eigenvalue weighted by atomic mass is 16.6. The summed E-state index contributed by atoms with van der Waals surface area (Å²) in [6.07, 6.45) is -52.1. The van der Waals surface area contributed by atoms with Crippen LogP contribution in [0.4, 0.5) is 0 Å². The van der Waals surface area contributed by atoms with Crippen LogP contribution in [-0.2, 0) is 38.1 Å². The molecule has 0 bridgehead atoms. The average Bonchev–Trinajstić information content (AvgIpc) is 3.32. The Morgan fingerprint density at radius 3 is 0.569 bits per heavy atom. The molecule has 20 unspecified atom stereocenters. The Balaban J connectivity index is 7.17. The molecule has 0 amide bonds. The molecule has 32 nitrogen and oxygen atoms in total. The highest BCUT2D eigenvalue weighted by molar-refractivity contribution is 5.77. The van der Waals surface area contributed by atoms with E-state index in [4.69, 9.17) is 39.4 Å². The minimum atomic E-state index is -2.96. The fourth-order valence-corrected chi connectivity index (χ4v) is 4.94. The molecule has 0 aliphatic rings. The van der Waals surface area contributed by atoms with E-state index in [1.165, 1.54) is 0 Å². The van der Waals surface area contributed by atoms with E-state index in [1.54, 1.807) is 0 Å². The van der Waals surface area contributed by atoms with Crippen molar-refractivity contribution < 1.29 is 161 Å². The summed E-state index contributed by atoms with van der Waals surface area (Å²) in [5.74, 6) is -8.29. The number of ether oxygens (including phenoxy) is 4. The highest BCUT2D eigenvalue weighted by Crippen LogP contribution is 2.25. The monoisotopic (exact) mass is 968 g/mol. The lowest BCUT2D eigenvalue weighted by Crippen LogP contribution is -2.54. The molecular formula is C33H60O32. The van der Waals surface area contributed by atoms with Gasteiger partial charge in [0.05, 0.1) is 26.4 Å². The Kier molecular flexibility index (Phi) is 27.6. The fourth-order valence-electron chi connectivity index (χ4n) is 4.94. The lowest BCUT2D eigenvalue weighted by atomic mass is 9.91. The van der Waals surface area contributed by atoms with Crippen LogP contribution < -0.4 is 0 Å². The van der Waals surface area contributed by atoms with Gasteiger partial charge in [-0.15, -0.1) is 0 Å². The van der Waals surface area contributed by atoms with E-state index in [0.29, 0.717) is 0 Å². The number of aliphatic hydroxyl groups excluding tert-OH is 24. The third kappa shape index (κ3) is 17.8. The first-order valence-electron chi connectivity index (χ1n) is 18.8. The Hall–Kier alpha value is -3.08. The Bertz CT molecular complexity index is 1200. The topological polar surface area (TPSA) is 591 Å². The maximum Gasteiger partial charge on any atom is 0.337 e. The molecular weight excluding hydrogens is 908 g/mol. The standard InChI is InChI=1S/C33H60O32/c34-1-9(38)13(42)17(46)21(50)25(54)29(58)62-5-33(6-63-30(59)26(55)22(51)18(47)14(43)10(39)2-35,7-64-31(60)27(56)23(52)19(48)15(44)11(40)3-36)8-65-32(61)28(57)24(53)20(49)16(45)12(41)4-37/h9-28,34-57H,1-8H2. The second kappa shape index (κ2) is 29.0. The molecule has 0 saturated heterocycles. The van der Waals surface area contributed by atoms with E-state index in [9.17, 15) is 121 Å². The van der Waals surface area contributed by atoms with Gasteiger partial charge in [-0.25, -0.2) is 19.2 Å². The lowest BCUT2D eigenvalue weighted by molar-refractivity contribution is -0.196. The van der Waals surface area contributed by atoms with Gasteiger partial charge in [-0.1, -0.05) is 0 Å². The van der Waals surface area contributed by atoms with E-state index in [1.807, 2.05) is 0 Å². The summed E-state index contributed by atoms with van der Waals surface area (Å²) >= 11 is 0. The van der Waals surface area contributed by atoms with Crippen LogP contribution in [0.25, 0.3) is 0 Å². The van der Waals surface area contributed by atoms with E-state index in [2.05, 4.69) is 0 Å². The number of carbonyl (C=O) groups is 4. The second-order valence-electron chi connectivity index (χ2n) is 14.6. The third-order valence-corrected chi connectivity index (χ3v) is 9.47. The van der Waals surface area contributed by atoms with Crippen LogP contribution in [-0.4, -0.2) is 321 Å². The largest absolute Gasteiger partial charge is 0.463 e. The summed E-state index contributed by atoms with van der Waals surface area (Å²) in [4.78, 5) is 51.6. The lowest BCUT2D eigenvalue weighted by Gasteiger charge is -2.34. The van der Waals surface area contributed by atoms with Crippen LogP contribution in [0.1, 0.15) is 0 Å². The molecule has 24 N–H and O–H groups in total. The first kappa shape index (κ1) is 61.9. The Morgan fingerprint density at radius 1 is 0.277 bits per heavy atom. The maximum absolute atomic E-state index is 12.9. The zero-order chi connectivity index (χ0) is 50.8. The number of esters is 4. The van der Waals surface area contributed by atoms with Gasteiger partial charge in [0.2, 0.25) is 0 Å². The molecule has 32 heteroatoms. The van der Waals surface area contributed by atoms with E-state index in [-0.39, 0.29) is 0 Å². The average molecular weight is 969 g/mol. The Morgan fingerprint density at radius 2 is 0.431 bits per heavy atom. The van der Waals surface area contributed by atoms with Gasteiger partial charge < -0.3 is 142 Å². The summed E-state index contributed by atoms with van der Waals surface area (Å²) in [5, 5.41) is 236. The molecule has 0 saturated carbocycles. The van der Waals surface area contributed by atoms with Crippen molar-refractivity contribution in [2.24, 2.45) is 5.41 Å². The minimum absolute atomic E-state index is 1.23. The van der Waals surface area contributed by atoms with Crippen LogP contribution in [0, 0.1) is 5.41 Å². The summed E-state index contributed by atoms with van der Waals surface area (Å²) in [6, 6.07) is 0. The van der Waals surface area contributed by atoms with E-state index < -0.39 is 204 Å². The number of rotatable bonds is 32. The molecule has 0 aliphatic carbocycles.